The van der Waals surface area contributed by atoms with Crippen LogP contribution in [-0.2, 0) is 9.53 Å². The van der Waals surface area contributed by atoms with Crippen molar-refractivity contribution in [2.24, 2.45) is 0 Å². The number of carbonyl (C=O) groups is 2. The third-order valence-electron chi connectivity index (χ3n) is 4.55. The minimum Gasteiger partial charge on any atom is -0.465 e. The second-order valence-electron chi connectivity index (χ2n) is 6.36. The molecule has 2 heterocycles. The zero-order valence-corrected chi connectivity index (χ0v) is 15.1. The van der Waals surface area contributed by atoms with E-state index in [2.05, 4.69) is 4.90 Å². The molecule has 138 valence electrons. The number of amides is 1. The van der Waals surface area contributed by atoms with Crippen LogP contribution in [0.3, 0.4) is 0 Å². The van der Waals surface area contributed by atoms with Crippen molar-refractivity contribution in [1.82, 2.24) is 14.4 Å². The molecule has 1 aliphatic rings. The second-order valence-corrected chi connectivity index (χ2v) is 6.36. The lowest BCUT2D eigenvalue weighted by molar-refractivity contribution is -0.144. The van der Waals surface area contributed by atoms with E-state index in [9.17, 15) is 9.59 Å². The van der Waals surface area contributed by atoms with Gasteiger partial charge in [-0.2, -0.15) is 0 Å². The summed E-state index contributed by atoms with van der Waals surface area (Å²) in [7, 11) is 0. The Morgan fingerprint density at radius 3 is 2.42 bits per heavy atom. The zero-order valence-electron chi connectivity index (χ0n) is 15.1. The molecule has 26 heavy (non-hydrogen) atoms. The van der Waals surface area contributed by atoms with E-state index in [-0.39, 0.29) is 11.9 Å². The van der Waals surface area contributed by atoms with Crippen molar-refractivity contribution in [3.63, 3.8) is 0 Å². The third-order valence-corrected chi connectivity index (χ3v) is 4.55. The molecule has 0 atom stereocenters. The maximum absolute atomic E-state index is 12.8. The van der Waals surface area contributed by atoms with Crippen LogP contribution < -0.4 is 0 Å². The van der Waals surface area contributed by atoms with Gasteiger partial charge in [0.25, 0.3) is 5.91 Å². The van der Waals surface area contributed by atoms with Crippen LogP contribution in [0, 0.1) is 0 Å². The van der Waals surface area contributed by atoms with Crippen LogP contribution in [0.15, 0.2) is 48.8 Å². The van der Waals surface area contributed by atoms with Gasteiger partial charge in [-0.15, -0.1) is 0 Å². The van der Waals surface area contributed by atoms with E-state index >= 15 is 0 Å². The van der Waals surface area contributed by atoms with Crippen molar-refractivity contribution < 1.29 is 14.3 Å². The zero-order chi connectivity index (χ0) is 18.4. The quantitative estimate of drug-likeness (QED) is 0.772. The maximum atomic E-state index is 12.8. The van der Waals surface area contributed by atoms with Crippen molar-refractivity contribution in [2.45, 2.75) is 13.3 Å². The topological polar surface area (TPSA) is 54.8 Å². The summed E-state index contributed by atoms with van der Waals surface area (Å²) >= 11 is 0. The molecule has 1 aromatic heterocycles. The van der Waals surface area contributed by atoms with Gasteiger partial charge in [-0.3, -0.25) is 14.5 Å². The van der Waals surface area contributed by atoms with Crippen molar-refractivity contribution in [3.05, 3.63) is 54.4 Å². The molecule has 0 aliphatic carbocycles. The number of hydrogen-bond donors (Lipinski definition) is 0. The van der Waals surface area contributed by atoms with E-state index in [0.29, 0.717) is 38.3 Å². The van der Waals surface area contributed by atoms with Crippen molar-refractivity contribution in [3.8, 4) is 5.69 Å². The van der Waals surface area contributed by atoms with Gasteiger partial charge in [0.15, 0.2) is 0 Å². The van der Waals surface area contributed by atoms with Gasteiger partial charge in [0.05, 0.1) is 13.2 Å². The summed E-state index contributed by atoms with van der Waals surface area (Å²) in [6.07, 6.45) is 4.81. The first-order valence-electron chi connectivity index (χ1n) is 9.08. The lowest BCUT2D eigenvalue weighted by Crippen LogP contribution is -2.37. The molecule has 1 fully saturated rings. The Morgan fingerprint density at radius 1 is 1.00 bits per heavy atom. The van der Waals surface area contributed by atoms with E-state index in [0.717, 1.165) is 18.7 Å². The number of esters is 1. The molecule has 2 aromatic rings. The largest absolute Gasteiger partial charge is 0.465 e. The average molecular weight is 355 g/mol. The standard InChI is InChI=1S/C20H25N3O3/c1-2-26-19(24)16-21-10-5-13-23(15-14-21)20(25)17-6-8-18(9-7-17)22-11-3-4-12-22/h3-4,6-9,11-12H,2,5,10,13-16H2,1H3. The van der Waals surface area contributed by atoms with Crippen LogP contribution in [0.5, 0.6) is 0 Å². The Labute approximate surface area is 154 Å². The summed E-state index contributed by atoms with van der Waals surface area (Å²) < 4.78 is 7.02. The van der Waals surface area contributed by atoms with E-state index < -0.39 is 0 Å². The lowest BCUT2D eigenvalue weighted by Gasteiger charge is -2.21. The molecule has 0 N–H and O–H groups in total. The smallest absolute Gasteiger partial charge is 0.320 e. The van der Waals surface area contributed by atoms with Crippen LogP contribution in [0.2, 0.25) is 0 Å². The molecule has 1 aromatic carbocycles. The van der Waals surface area contributed by atoms with Crippen molar-refractivity contribution >= 4 is 11.9 Å². The van der Waals surface area contributed by atoms with Crippen LogP contribution >= 0.6 is 0 Å². The summed E-state index contributed by atoms with van der Waals surface area (Å²) in [4.78, 5) is 28.4. The first-order valence-corrected chi connectivity index (χ1v) is 9.08. The molecule has 1 saturated heterocycles. The minimum absolute atomic E-state index is 0.0436. The number of ether oxygens (including phenoxy) is 1. The highest BCUT2D eigenvalue weighted by Crippen LogP contribution is 2.13. The van der Waals surface area contributed by atoms with Gasteiger partial charge in [-0.25, -0.2) is 0 Å². The number of nitrogens with zero attached hydrogens (tertiary/aromatic N) is 3. The average Bonchev–Trinajstić information content (AvgIpc) is 3.09. The molecule has 0 radical (unpaired) electrons. The highest BCUT2D eigenvalue weighted by atomic mass is 16.5. The van der Waals surface area contributed by atoms with E-state index in [4.69, 9.17) is 4.74 Å². The normalized spacial score (nSPS) is 15.5. The van der Waals surface area contributed by atoms with Gasteiger partial charge < -0.3 is 14.2 Å². The number of carbonyl (C=O) groups excluding carboxylic acids is 2. The Hall–Kier alpha value is -2.60. The molecule has 1 amide bonds. The van der Waals surface area contributed by atoms with Crippen molar-refractivity contribution in [2.75, 3.05) is 39.3 Å². The van der Waals surface area contributed by atoms with Gasteiger partial charge in [0.1, 0.15) is 0 Å². The molecule has 0 saturated carbocycles. The minimum atomic E-state index is -0.201. The summed E-state index contributed by atoms with van der Waals surface area (Å²) in [5, 5.41) is 0. The molecule has 3 rings (SSSR count). The summed E-state index contributed by atoms with van der Waals surface area (Å²) in [5.74, 6) is -0.157. The molecule has 0 bridgehead atoms. The van der Waals surface area contributed by atoms with Crippen LogP contribution in [0.25, 0.3) is 5.69 Å². The van der Waals surface area contributed by atoms with E-state index in [1.54, 1.807) is 0 Å². The summed E-state index contributed by atoms with van der Waals surface area (Å²) in [5.41, 5.74) is 1.72. The van der Waals surface area contributed by atoms with E-state index in [1.807, 2.05) is 65.2 Å². The molecular formula is C20H25N3O3. The predicted octanol–water partition coefficient (Wildman–Crippen LogP) is 2.19. The third kappa shape index (κ3) is 4.52. The Bertz CT molecular complexity index is 725. The summed E-state index contributed by atoms with van der Waals surface area (Å²) in [6.45, 7) is 5.32. The molecule has 6 heteroatoms. The fourth-order valence-electron chi connectivity index (χ4n) is 3.19. The Kier molecular flexibility index (Phi) is 6.07. The number of rotatable bonds is 5. The molecule has 0 unspecified atom stereocenters. The van der Waals surface area contributed by atoms with Gasteiger partial charge >= 0.3 is 5.97 Å². The Morgan fingerprint density at radius 2 is 1.73 bits per heavy atom. The lowest BCUT2D eigenvalue weighted by atomic mass is 10.1. The Balaban J connectivity index is 1.58. The number of aromatic nitrogens is 1. The van der Waals surface area contributed by atoms with Gasteiger partial charge in [0, 0.05) is 49.8 Å². The molecule has 0 spiro atoms. The number of benzene rings is 1. The predicted molar refractivity (Wildman–Crippen MR) is 99.4 cm³/mol. The first kappa shape index (κ1) is 18.2. The van der Waals surface area contributed by atoms with Crippen LogP contribution in [0.4, 0.5) is 0 Å². The van der Waals surface area contributed by atoms with Crippen LogP contribution in [0.1, 0.15) is 23.7 Å². The van der Waals surface area contributed by atoms with Gasteiger partial charge in [-0.1, -0.05) is 0 Å². The second kappa shape index (κ2) is 8.67. The van der Waals surface area contributed by atoms with Gasteiger partial charge in [0.2, 0.25) is 0 Å². The molecule has 6 nitrogen and oxygen atoms in total. The number of hydrogen-bond acceptors (Lipinski definition) is 4. The molecule has 1 aliphatic heterocycles. The van der Waals surface area contributed by atoms with Crippen LogP contribution in [-0.4, -0.2) is 65.6 Å². The highest BCUT2D eigenvalue weighted by Gasteiger charge is 2.21. The highest BCUT2D eigenvalue weighted by molar-refractivity contribution is 5.94. The SMILES string of the molecule is CCOC(=O)CN1CCCN(C(=O)c2ccc(-n3cccc3)cc2)CC1. The van der Waals surface area contributed by atoms with E-state index in [1.165, 1.54) is 0 Å². The molecular weight excluding hydrogens is 330 g/mol. The fourth-order valence-corrected chi connectivity index (χ4v) is 3.19. The van der Waals surface area contributed by atoms with Gasteiger partial charge in [-0.05, 0) is 49.7 Å². The maximum Gasteiger partial charge on any atom is 0.320 e. The van der Waals surface area contributed by atoms with Crippen molar-refractivity contribution in [1.29, 1.82) is 0 Å². The first-order chi connectivity index (χ1) is 12.7. The summed E-state index contributed by atoms with van der Waals surface area (Å²) in [6, 6.07) is 11.6. The monoisotopic (exact) mass is 355 g/mol. The fraction of sp³-hybridized carbons (Fsp3) is 0.400.